The van der Waals surface area contributed by atoms with Gasteiger partial charge in [0.1, 0.15) is 0 Å². The summed E-state index contributed by atoms with van der Waals surface area (Å²) < 4.78 is 0. The summed E-state index contributed by atoms with van der Waals surface area (Å²) in [5, 5.41) is 3.28. The first-order valence-corrected chi connectivity index (χ1v) is 22.4. The quantitative estimate of drug-likeness (QED) is 0.162. The highest BCUT2D eigenvalue weighted by molar-refractivity contribution is 7.99. The molecule has 5 heteroatoms. The van der Waals surface area contributed by atoms with Crippen LogP contribution in [0.5, 0.6) is 0 Å². The van der Waals surface area contributed by atoms with Gasteiger partial charge in [-0.2, -0.15) is 0 Å². The van der Waals surface area contributed by atoms with Gasteiger partial charge in [0.2, 0.25) is 0 Å². The van der Waals surface area contributed by atoms with Crippen LogP contribution in [-0.2, 0) is 5.41 Å². The second-order valence-corrected chi connectivity index (χ2v) is 17.6. The number of rotatable bonds is 5. The van der Waals surface area contributed by atoms with E-state index in [1.165, 1.54) is 43.2 Å². The van der Waals surface area contributed by atoms with Crippen LogP contribution in [0.4, 0.5) is 0 Å². The molecule has 3 heterocycles. The number of hydrogen-bond acceptors (Lipinski definition) is 5. The first-order valence-electron chi connectivity index (χ1n) is 21.6. The van der Waals surface area contributed by atoms with Crippen LogP contribution in [-0.4, -0.2) is 19.9 Å². The van der Waals surface area contributed by atoms with E-state index < -0.39 is 5.41 Å². The summed E-state index contributed by atoms with van der Waals surface area (Å²) in [5.74, 6) is 1.85. The summed E-state index contributed by atoms with van der Waals surface area (Å²) >= 11 is 1.87. The van der Waals surface area contributed by atoms with Crippen molar-refractivity contribution >= 4 is 33.4 Å². The third kappa shape index (κ3) is 5.64. The van der Waals surface area contributed by atoms with Crippen LogP contribution >= 0.6 is 11.8 Å². The Morgan fingerprint density at radius 1 is 0.297 bits per heavy atom. The fourth-order valence-corrected chi connectivity index (χ4v) is 11.3. The molecule has 0 amide bonds. The zero-order valence-corrected chi connectivity index (χ0v) is 35.3. The third-order valence-electron chi connectivity index (χ3n) is 13.0. The molecule has 0 N–H and O–H groups in total. The van der Waals surface area contributed by atoms with Crippen molar-refractivity contribution in [1.82, 2.24) is 19.9 Å². The van der Waals surface area contributed by atoms with E-state index in [1.807, 2.05) is 36.0 Å². The van der Waals surface area contributed by atoms with E-state index in [0.29, 0.717) is 17.5 Å². The molecule has 64 heavy (non-hydrogen) atoms. The highest BCUT2D eigenvalue weighted by Crippen LogP contribution is 2.63. The van der Waals surface area contributed by atoms with Gasteiger partial charge in [-0.25, -0.2) is 19.9 Å². The summed E-state index contributed by atoms with van der Waals surface area (Å²) in [6.07, 6.45) is 0. The van der Waals surface area contributed by atoms with Crippen LogP contribution in [0.15, 0.2) is 228 Å². The van der Waals surface area contributed by atoms with Crippen molar-refractivity contribution in [2.45, 2.75) is 15.2 Å². The molecule has 4 nitrogen and oxygen atoms in total. The minimum atomic E-state index is -0.513. The summed E-state index contributed by atoms with van der Waals surface area (Å²) in [6, 6.07) is 78.0. The van der Waals surface area contributed by atoms with Crippen molar-refractivity contribution in [3.63, 3.8) is 0 Å². The first kappa shape index (κ1) is 36.6. The smallest absolute Gasteiger partial charge is 0.164 e. The van der Waals surface area contributed by atoms with Crippen molar-refractivity contribution in [3.05, 3.63) is 241 Å². The molecule has 2 aromatic heterocycles. The number of hydrogen-bond donors (Lipinski definition) is 0. The molecular formula is C59H36N4S. The molecule has 0 saturated heterocycles. The van der Waals surface area contributed by atoms with Crippen molar-refractivity contribution < 1.29 is 0 Å². The maximum absolute atomic E-state index is 5.48. The summed E-state index contributed by atoms with van der Waals surface area (Å²) in [4.78, 5) is 23.6. The van der Waals surface area contributed by atoms with Gasteiger partial charge >= 0.3 is 0 Å². The number of pyridine rings is 1. The average Bonchev–Trinajstić information content (AvgIpc) is 3.65. The predicted molar refractivity (Wildman–Crippen MR) is 261 cm³/mol. The molecule has 1 aliphatic carbocycles. The van der Waals surface area contributed by atoms with Crippen LogP contribution in [0.3, 0.4) is 0 Å². The maximum Gasteiger partial charge on any atom is 0.164 e. The van der Waals surface area contributed by atoms with E-state index in [2.05, 4.69) is 194 Å². The van der Waals surface area contributed by atoms with Crippen molar-refractivity contribution in [2.75, 3.05) is 0 Å². The molecule has 1 aliphatic heterocycles. The van der Waals surface area contributed by atoms with Crippen molar-refractivity contribution in [2.24, 2.45) is 0 Å². The van der Waals surface area contributed by atoms with E-state index in [0.717, 1.165) is 60.8 Å². The number of fused-ring (bicyclic) bond motifs is 12. The zero-order chi connectivity index (χ0) is 42.2. The minimum Gasteiger partial charge on any atom is -0.247 e. The zero-order valence-electron chi connectivity index (χ0n) is 34.5. The van der Waals surface area contributed by atoms with Gasteiger partial charge in [-0.15, -0.1) is 0 Å². The van der Waals surface area contributed by atoms with Gasteiger partial charge in [-0.3, -0.25) is 0 Å². The highest BCUT2D eigenvalue weighted by Gasteiger charge is 2.50. The van der Waals surface area contributed by atoms with Gasteiger partial charge in [-0.1, -0.05) is 182 Å². The Morgan fingerprint density at radius 3 is 1.52 bits per heavy atom. The van der Waals surface area contributed by atoms with Crippen LogP contribution in [0.2, 0.25) is 0 Å². The Kier molecular flexibility index (Phi) is 8.33. The third-order valence-corrected chi connectivity index (χ3v) is 14.1. The monoisotopic (exact) mass is 832 g/mol. The Bertz CT molecular complexity index is 3600. The average molecular weight is 833 g/mol. The van der Waals surface area contributed by atoms with Crippen LogP contribution < -0.4 is 0 Å². The van der Waals surface area contributed by atoms with Crippen LogP contribution in [0.25, 0.3) is 89.4 Å². The molecule has 9 aromatic carbocycles. The number of benzene rings is 9. The van der Waals surface area contributed by atoms with E-state index >= 15 is 0 Å². The van der Waals surface area contributed by atoms with Gasteiger partial charge < -0.3 is 0 Å². The molecule has 0 radical (unpaired) electrons. The molecule has 0 bridgehead atoms. The van der Waals surface area contributed by atoms with Gasteiger partial charge in [0.25, 0.3) is 0 Å². The van der Waals surface area contributed by atoms with E-state index in [-0.39, 0.29) is 0 Å². The summed E-state index contributed by atoms with van der Waals surface area (Å²) in [7, 11) is 0. The lowest BCUT2D eigenvalue weighted by molar-refractivity contribution is 0.723. The second-order valence-electron chi connectivity index (χ2n) is 16.5. The lowest BCUT2D eigenvalue weighted by Gasteiger charge is -2.39. The molecular weight excluding hydrogens is 797 g/mol. The van der Waals surface area contributed by atoms with Crippen molar-refractivity contribution in [3.8, 4) is 67.7 Å². The van der Waals surface area contributed by atoms with Gasteiger partial charge in [0.05, 0.1) is 16.6 Å². The molecule has 1 spiro atoms. The number of aromatic nitrogens is 4. The fraction of sp³-hybridized carbons (Fsp3) is 0.0169. The predicted octanol–water partition coefficient (Wildman–Crippen LogP) is 14.7. The molecule has 11 aromatic rings. The normalized spacial score (nSPS) is 13.1. The fourth-order valence-electron chi connectivity index (χ4n) is 10.1. The van der Waals surface area contributed by atoms with E-state index in [4.69, 9.17) is 19.9 Å². The second kappa shape index (κ2) is 14.6. The van der Waals surface area contributed by atoms with Gasteiger partial charge in [0.15, 0.2) is 17.5 Å². The van der Waals surface area contributed by atoms with Gasteiger partial charge in [0, 0.05) is 42.8 Å². The molecule has 0 atom stereocenters. The lowest BCUT2D eigenvalue weighted by Crippen LogP contribution is -2.31. The Labute approximate surface area is 375 Å². The summed E-state index contributed by atoms with van der Waals surface area (Å²) in [6.45, 7) is 0. The Hall–Kier alpha value is -7.99. The molecule has 2 aliphatic rings. The molecule has 298 valence electrons. The molecule has 0 saturated carbocycles. The van der Waals surface area contributed by atoms with Crippen molar-refractivity contribution in [1.29, 1.82) is 0 Å². The van der Waals surface area contributed by atoms with E-state index in [1.54, 1.807) is 0 Å². The minimum absolute atomic E-state index is 0.513. The number of nitrogens with zero attached hydrogens (tertiary/aromatic N) is 4. The van der Waals surface area contributed by atoms with Gasteiger partial charge in [-0.05, 0) is 98.4 Å². The first-order chi connectivity index (χ1) is 31.7. The molecule has 0 unspecified atom stereocenters. The largest absolute Gasteiger partial charge is 0.247 e. The SMILES string of the molecule is c1ccc(-c2cccc(-c3nc(-c4ccccc4)nc(-c4ccc5nc(-c6ccccc6)c6cc7c(cc6c5c4)C4(c5ccccc5Sc5ccccc54)c4ccccc4-7)n3)c2)cc1. The Morgan fingerprint density at radius 2 is 0.828 bits per heavy atom. The topological polar surface area (TPSA) is 51.6 Å². The Balaban J connectivity index is 1.09. The van der Waals surface area contributed by atoms with E-state index in [9.17, 15) is 0 Å². The van der Waals surface area contributed by atoms with Crippen LogP contribution in [0, 0.1) is 0 Å². The lowest BCUT2D eigenvalue weighted by atomic mass is 9.67. The standard InChI is InChI=1S/C59H36N4S/c1-4-17-37(18-5-1)40-23-16-24-41(33-40)57-61-56(39-21-8-3-9-22-39)62-58(63-57)42-31-32-52-46(34-42)44-36-51-45(35-47(44)55(60-52)38-19-6-2-7-20-38)43-25-10-11-26-48(43)59(51)49-27-12-14-29-53(49)64-54-30-15-13-28-50(54)59/h1-36H. The molecule has 0 fully saturated rings. The maximum atomic E-state index is 5.48. The molecule has 13 rings (SSSR count). The van der Waals surface area contributed by atoms with Crippen LogP contribution in [0.1, 0.15) is 22.3 Å². The highest BCUT2D eigenvalue weighted by atomic mass is 32.2. The summed E-state index contributed by atoms with van der Waals surface area (Å²) in [5.41, 5.74) is 15.1.